The maximum Gasteiger partial charge on any atom is 0.127 e. The third-order valence-electron chi connectivity index (χ3n) is 3.25. The van der Waals surface area contributed by atoms with Crippen LogP contribution in [0.3, 0.4) is 0 Å². The van der Waals surface area contributed by atoms with Gasteiger partial charge < -0.3 is 14.8 Å². The maximum atomic E-state index is 5.52. The number of rotatable bonds is 7. The van der Waals surface area contributed by atoms with Gasteiger partial charge in [0.25, 0.3) is 0 Å². The molecular formula is C16H21NO2S. The van der Waals surface area contributed by atoms with E-state index < -0.39 is 0 Å². The first-order valence-electron chi connectivity index (χ1n) is 6.76. The Kier molecular flexibility index (Phi) is 5.44. The molecule has 1 unspecified atom stereocenters. The van der Waals surface area contributed by atoms with E-state index in [4.69, 9.17) is 9.47 Å². The predicted molar refractivity (Wildman–Crippen MR) is 84.0 cm³/mol. The summed E-state index contributed by atoms with van der Waals surface area (Å²) in [4.78, 5) is 1.37. The van der Waals surface area contributed by atoms with E-state index in [-0.39, 0.29) is 6.04 Å². The molecule has 0 spiro atoms. The number of methoxy groups -OCH3 is 2. The van der Waals surface area contributed by atoms with Crippen molar-refractivity contribution in [3.8, 4) is 11.5 Å². The zero-order valence-electron chi connectivity index (χ0n) is 12.2. The predicted octanol–water partition coefficient (Wildman–Crippen LogP) is 3.66. The van der Waals surface area contributed by atoms with E-state index in [2.05, 4.69) is 35.8 Å². The standard InChI is InChI=1S/C16H21NO2S/c1-4-17-15(11-13-6-5-9-20-13)14-8-7-12(18-2)10-16(14)19-3/h5-10,15,17H,4,11H2,1-3H3. The molecule has 1 aromatic heterocycles. The molecule has 2 aromatic rings. The van der Waals surface area contributed by atoms with E-state index in [1.54, 1.807) is 25.6 Å². The van der Waals surface area contributed by atoms with Crippen LogP contribution in [0.1, 0.15) is 23.4 Å². The maximum absolute atomic E-state index is 5.52. The molecule has 1 heterocycles. The van der Waals surface area contributed by atoms with Crippen LogP contribution in [0, 0.1) is 0 Å². The Bertz CT molecular complexity index is 525. The van der Waals surface area contributed by atoms with Crippen LogP contribution in [0.15, 0.2) is 35.7 Å². The molecular weight excluding hydrogens is 270 g/mol. The van der Waals surface area contributed by atoms with Gasteiger partial charge in [-0.2, -0.15) is 0 Å². The van der Waals surface area contributed by atoms with E-state index in [9.17, 15) is 0 Å². The highest BCUT2D eigenvalue weighted by atomic mass is 32.1. The van der Waals surface area contributed by atoms with E-state index in [1.165, 1.54) is 10.4 Å². The van der Waals surface area contributed by atoms with Crippen molar-refractivity contribution in [2.24, 2.45) is 0 Å². The van der Waals surface area contributed by atoms with Crippen molar-refractivity contribution in [3.05, 3.63) is 46.2 Å². The fourth-order valence-corrected chi connectivity index (χ4v) is 3.03. The van der Waals surface area contributed by atoms with Crippen LogP contribution in [-0.4, -0.2) is 20.8 Å². The monoisotopic (exact) mass is 291 g/mol. The van der Waals surface area contributed by atoms with Gasteiger partial charge in [-0.1, -0.05) is 19.1 Å². The zero-order valence-corrected chi connectivity index (χ0v) is 13.0. The number of likely N-dealkylation sites (N-methyl/N-ethyl adjacent to an activating group) is 1. The van der Waals surface area contributed by atoms with Crippen LogP contribution >= 0.6 is 11.3 Å². The first-order chi connectivity index (χ1) is 9.78. The van der Waals surface area contributed by atoms with Crippen LogP contribution in [-0.2, 0) is 6.42 Å². The van der Waals surface area contributed by atoms with Crippen LogP contribution in [0.5, 0.6) is 11.5 Å². The molecule has 0 fully saturated rings. The summed E-state index contributed by atoms with van der Waals surface area (Å²) in [6, 6.07) is 10.5. The fourth-order valence-electron chi connectivity index (χ4n) is 2.27. The number of nitrogens with one attached hydrogen (secondary N) is 1. The molecule has 0 aliphatic carbocycles. The molecule has 0 saturated heterocycles. The summed E-state index contributed by atoms with van der Waals surface area (Å²) >= 11 is 1.79. The summed E-state index contributed by atoms with van der Waals surface area (Å²) in [7, 11) is 3.37. The Morgan fingerprint density at radius 1 is 1.20 bits per heavy atom. The Balaban J connectivity index is 2.28. The second-order valence-corrected chi connectivity index (χ2v) is 5.53. The lowest BCUT2D eigenvalue weighted by Gasteiger charge is -2.20. The molecule has 4 heteroatoms. The number of ether oxygens (including phenoxy) is 2. The van der Waals surface area contributed by atoms with Gasteiger partial charge in [-0.3, -0.25) is 0 Å². The van der Waals surface area contributed by atoms with Gasteiger partial charge in [0, 0.05) is 29.0 Å². The van der Waals surface area contributed by atoms with E-state index in [0.717, 1.165) is 24.5 Å². The van der Waals surface area contributed by atoms with Crippen molar-refractivity contribution in [2.75, 3.05) is 20.8 Å². The highest BCUT2D eigenvalue weighted by Gasteiger charge is 2.17. The van der Waals surface area contributed by atoms with Gasteiger partial charge in [0.05, 0.1) is 14.2 Å². The summed E-state index contributed by atoms with van der Waals surface area (Å²) in [5, 5.41) is 5.65. The van der Waals surface area contributed by atoms with Crippen molar-refractivity contribution < 1.29 is 9.47 Å². The lowest BCUT2D eigenvalue weighted by atomic mass is 10.0. The van der Waals surface area contributed by atoms with Crippen molar-refractivity contribution in [1.29, 1.82) is 0 Å². The highest BCUT2D eigenvalue weighted by Crippen LogP contribution is 2.31. The number of thiophene rings is 1. The van der Waals surface area contributed by atoms with E-state index in [0.29, 0.717) is 0 Å². The first-order valence-corrected chi connectivity index (χ1v) is 7.64. The van der Waals surface area contributed by atoms with E-state index in [1.807, 2.05) is 12.1 Å². The fraction of sp³-hybridized carbons (Fsp3) is 0.375. The Labute approximate surface area is 124 Å². The van der Waals surface area contributed by atoms with Gasteiger partial charge in [-0.15, -0.1) is 11.3 Å². The molecule has 0 saturated carbocycles. The SMILES string of the molecule is CCNC(Cc1cccs1)c1ccc(OC)cc1OC. The van der Waals surface area contributed by atoms with Crippen LogP contribution in [0.25, 0.3) is 0 Å². The third-order valence-corrected chi connectivity index (χ3v) is 4.15. The Morgan fingerprint density at radius 3 is 2.65 bits per heavy atom. The normalized spacial score (nSPS) is 12.2. The summed E-state index contributed by atoms with van der Waals surface area (Å²) in [6.07, 6.45) is 0.966. The second-order valence-electron chi connectivity index (χ2n) is 4.50. The summed E-state index contributed by atoms with van der Waals surface area (Å²) < 4.78 is 10.8. The minimum Gasteiger partial charge on any atom is -0.497 e. The minimum absolute atomic E-state index is 0.250. The second kappa shape index (κ2) is 7.31. The van der Waals surface area contributed by atoms with Gasteiger partial charge in [0.15, 0.2) is 0 Å². The van der Waals surface area contributed by atoms with Gasteiger partial charge >= 0.3 is 0 Å². The largest absolute Gasteiger partial charge is 0.497 e. The third kappa shape index (κ3) is 3.52. The molecule has 20 heavy (non-hydrogen) atoms. The molecule has 0 amide bonds. The first kappa shape index (κ1) is 14.9. The van der Waals surface area contributed by atoms with Crippen LogP contribution in [0.4, 0.5) is 0 Å². The summed E-state index contributed by atoms with van der Waals surface area (Å²) in [5.41, 5.74) is 1.17. The molecule has 1 atom stereocenters. The molecule has 108 valence electrons. The molecule has 2 rings (SSSR count). The summed E-state index contributed by atoms with van der Waals surface area (Å²) in [6.45, 7) is 3.04. The van der Waals surface area contributed by atoms with Crippen LogP contribution < -0.4 is 14.8 Å². The molecule has 0 aliphatic rings. The minimum atomic E-state index is 0.250. The lowest BCUT2D eigenvalue weighted by molar-refractivity contribution is 0.384. The van der Waals surface area contributed by atoms with Crippen LogP contribution in [0.2, 0.25) is 0 Å². The molecule has 0 aliphatic heterocycles. The van der Waals surface area contributed by atoms with Crippen molar-refractivity contribution in [1.82, 2.24) is 5.32 Å². The quantitative estimate of drug-likeness (QED) is 0.844. The Hall–Kier alpha value is -1.52. The number of hydrogen-bond acceptors (Lipinski definition) is 4. The average molecular weight is 291 g/mol. The Morgan fingerprint density at radius 2 is 2.05 bits per heavy atom. The molecule has 0 radical (unpaired) electrons. The van der Waals surface area contributed by atoms with Gasteiger partial charge in [-0.25, -0.2) is 0 Å². The molecule has 0 bridgehead atoms. The van der Waals surface area contributed by atoms with Crippen molar-refractivity contribution in [3.63, 3.8) is 0 Å². The smallest absolute Gasteiger partial charge is 0.127 e. The lowest BCUT2D eigenvalue weighted by Crippen LogP contribution is -2.23. The summed E-state index contributed by atoms with van der Waals surface area (Å²) in [5.74, 6) is 1.68. The number of hydrogen-bond donors (Lipinski definition) is 1. The zero-order chi connectivity index (χ0) is 14.4. The average Bonchev–Trinajstić information content (AvgIpc) is 2.99. The van der Waals surface area contributed by atoms with Crippen molar-refractivity contribution in [2.45, 2.75) is 19.4 Å². The number of benzene rings is 1. The van der Waals surface area contributed by atoms with Crippen molar-refractivity contribution >= 4 is 11.3 Å². The van der Waals surface area contributed by atoms with Gasteiger partial charge in [0.2, 0.25) is 0 Å². The van der Waals surface area contributed by atoms with Gasteiger partial charge in [0.1, 0.15) is 11.5 Å². The molecule has 1 aromatic carbocycles. The topological polar surface area (TPSA) is 30.5 Å². The molecule has 1 N–H and O–H groups in total. The van der Waals surface area contributed by atoms with E-state index >= 15 is 0 Å². The highest BCUT2D eigenvalue weighted by molar-refractivity contribution is 7.09. The molecule has 3 nitrogen and oxygen atoms in total. The van der Waals surface area contributed by atoms with Gasteiger partial charge in [-0.05, 0) is 24.1 Å².